The minimum absolute atomic E-state index is 0.154. The largest absolute Gasteiger partial charge is 0.477 e. The van der Waals surface area contributed by atoms with Gasteiger partial charge in [-0.1, -0.05) is 0 Å². The number of aliphatic hydroxyl groups excluding tert-OH is 1. The smallest absolute Gasteiger partial charge is 0.226 e. The van der Waals surface area contributed by atoms with E-state index < -0.39 is 0 Å². The van der Waals surface area contributed by atoms with Crippen molar-refractivity contribution in [1.29, 1.82) is 0 Å². The summed E-state index contributed by atoms with van der Waals surface area (Å²) in [4.78, 5) is 15.8. The summed E-state index contributed by atoms with van der Waals surface area (Å²) in [6, 6.07) is 2.33. The van der Waals surface area contributed by atoms with Crippen LogP contribution in [0.25, 0.3) is 32.4 Å². The van der Waals surface area contributed by atoms with E-state index in [0.29, 0.717) is 36.6 Å². The molecular formula is C21H26N6O2S. The maximum Gasteiger partial charge on any atom is 0.226 e. The van der Waals surface area contributed by atoms with E-state index in [2.05, 4.69) is 25.8 Å². The molecule has 9 heteroatoms. The second kappa shape index (κ2) is 8.53. The molecule has 8 nitrogen and oxygen atoms in total. The molecule has 0 bridgehead atoms. The van der Waals surface area contributed by atoms with Gasteiger partial charge in [-0.3, -0.25) is 4.68 Å². The number of aromatic nitrogens is 6. The molecule has 0 aliphatic carbocycles. The summed E-state index contributed by atoms with van der Waals surface area (Å²) in [5, 5.41) is 14.7. The molecule has 0 radical (unpaired) electrons. The average molecular weight is 427 g/mol. The van der Waals surface area contributed by atoms with E-state index in [0.717, 1.165) is 32.8 Å². The number of aliphatic hydroxyl groups is 1. The Labute approximate surface area is 179 Å². The van der Waals surface area contributed by atoms with E-state index >= 15 is 0 Å². The molecule has 30 heavy (non-hydrogen) atoms. The van der Waals surface area contributed by atoms with E-state index in [1.807, 2.05) is 34.8 Å². The van der Waals surface area contributed by atoms with Gasteiger partial charge in [0, 0.05) is 38.3 Å². The SMILES string of the molecule is Cc1c(-c2ccn(C(C)C)n2)sc2nc(-c3nccn3C)nc(OCCCCO)c12. The van der Waals surface area contributed by atoms with Gasteiger partial charge in [0.25, 0.3) is 0 Å². The van der Waals surface area contributed by atoms with Crippen molar-refractivity contribution in [2.24, 2.45) is 7.05 Å². The second-order valence-corrected chi connectivity index (χ2v) is 8.50. The van der Waals surface area contributed by atoms with Crippen LogP contribution in [0.1, 0.15) is 38.3 Å². The Morgan fingerprint density at radius 2 is 2.03 bits per heavy atom. The number of hydrogen-bond donors (Lipinski definition) is 1. The lowest BCUT2D eigenvalue weighted by Gasteiger charge is -2.09. The molecule has 0 aliphatic rings. The number of unbranched alkanes of at least 4 members (excludes halogenated alkanes) is 1. The molecular weight excluding hydrogens is 400 g/mol. The van der Waals surface area contributed by atoms with Crippen molar-refractivity contribution in [1.82, 2.24) is 29.3 Å². The van der Waals surface area contributed by atoms with E-state index in [4.69, 9.17) is 24.9 Å². The summed E-state index contributed by atoms with van der Waals surface area (Å²) in [6.07, 6.45) is 7.05. The van der Waals surface area contributed by atoms with Crippen LogP contribution in [0.5, 0.6) is 5.88 Å². The van der Waals surface area contributed by atoms with Crippen LogP contribution in [0.3, 0.4) is 0 Å². The zero-order valence-corrected chi connectivity index (χ0v) is 18.5. The van der Waals surface area contributed by atoms with Gasteiger partial charge in [0.15, 0.2) is 5.82 Å². The van der Waals surface area contributed by atoms with Gasteiger partial charge in [-0.15, -0.1) is 11.3 Å². The Bertz CT molecular complexity index is 1160. The fourth-order valence-corrected chi connectivity index (χ4v) is 4.40. The Kier molecular flexibility index (Phi) is 5.83. The quantitative estimate of drug-likeness (QED) is 0.428. The Balaban J connectivity index is 1.82. The number of ether oxygens (including phenoxy) is 1. The van der Waals surface area contributed by atoms with Gasteiger partial charge >= 0.3 is 0 Å². The van der Waals surface area contributed by atoms with Crippen molar-refractivity contribution in [2.45, 2.75) is 39.7 Å². The van der Waals surface area contributed by atoms with Crippen LogP contribution >= 0.6 is 11.3 Å². The summed E-state index contributed by atoms with van der Waals surface area (Å²) in [6.45, 7) is 6.92. The van der Waals surface area contributed by atoms with Crippen molar-refractivity contribution in [3.05, 3.63) is 30.2 Å². The highest BCUT2D eigenvalue weighted by Crippen LogP contribution is 2.41. The van der Waals surface area contributed by atoms with Gasteiger partial charge in [0.1, 0.15) is 10.5 Å². The fourth-order valence-electron chi connectivity index (χ4n) is 3.26. The highest BCUT2D eigenvalue weighted by molar-refractivity contribution is 7.22. The zero-order valence-electron chi connectivity index (χ0n) is 17.7. The molecule has 0 saturated carbocycles. The van der Waals surface area contributed by atoms with Crippen molar-refractivity contribution in [3.63, 3.8) is 0 Å². The summed E-state index contributed by atoms with van der Waals surface area (Å²) < 4.78 is 9.90. The van der Waals surface area contributed by atoms with Crippen LogP contribution in [0.15, 0.2) is 24.7 Å². The standard InChI is InChI=1S/C21H26N6O2S/c1-13(2)27-9-7-15(25-27)17-14(3)16-20(29-12-6-5-11-28)23-18(24-21(16)30-17)19-22-8-10-26(19)4/h7-10,13,28H,5-6,11-12H2,1-4H3. The Morgan fingerprint density at radius 3 is 2.70 bits per heavy atom. The fraction of sp³-hybridized carbons (Fsp3) is 0.429. The first kappa shape index (κ1) is 20.5. The van der Waals surface area contributed by atoms with Gasteiger partial charge < -0.3 is 14.4 Å². The van der Waals surface area contributed by atoms with Crippen LogP contribution in [0.2, 0.25) is 0 Å². The van der Waals surface area contributed by atoms with E-state index in [1.165, 1.54) is 0 Å². The maximum absolute atomic E-state index is 9.05. The minimum atomic E-state index is 0.154. The summed E-state index contributed by atoms with van der Waals surface area (Å²) in [5.41, 5.74) is 1.99. The van der Waals surface area contributed by atoms with E-state index in [9.17, 15) is 0 Å². The van der Waals surface area contributed by atoms with Crippen molar-refractivity contribution in [3.8, 4) is 28.1 Å². The van der Waals surface area contributed by atoms with Crippen LogP contribution in [-0.4, -0.2) is 47.6 Å². The van der Waals surface area contributed by atoms with Gasteiger partial charge in [-0.2, -0.15) is 10.1 Å². The summed E-state index contributed by atoms with van der Waals surface area (Å²) in [7, 11) is 1.92. The molecule has 0 fully saturated rings. The number of nitrogens with zero attached hydrogens (tertiary/aromatic N) is 6. The third-order valence-electron chi connectivity index (χ3n) is 4.94. The normalized spacial score (nSPS) is 11.7. The van der Waals surface area contributed by atoms with Crippen molar-refractivity contribution >= 4 is 21.6 Å². The topological polar surface area (TPSA) is 90.9 Å². The zero-order chi connectivity index (χ0) is 21.3. The Morgan fingerprint density at radius 1 is 1.20 bits per heavy atom. The van der Waals surface area contributed by atoms with Crippen LogP contribution in [-0.2, 0) is 7.05 Å². The number of thiophene rings is 1. The molecule has 1 N–H and O–H groups in total. The van der Waals surface area contributed by atoms with E-state index in [-0.39, 0.29) is 6.61 Å². The molecule has 0 unspecified atom stereocenters. The molecule has 0 aromatic carbocycles. The second-order valence-electron chi connectivity index (χ2n) is 7.50. The maximum atomic E-state index is 9.05. The van der Waals surface area contributed by atoms with Gasteiger partial charge in [0.05, 0.1) is 16.9 Å². The predicted octanol–water partition coefficient (Wildman–Crippen LogP) is 4.00. The molecule has 0 amide bonds. The predicted molar refractivity (Wildman–Crippen MR) is 118 cm³/mol. The lowest BCUT2D eigenvalue weighted by atomic mass is 10.2. The first-order valence-corrected chi connectivity index (χ1v) is 10.9. The van der Waals surface area contributed by atoms with Gasteiger partial charge in [-0.25, -0.2) is 9.97 Å². The summed E-state index contributed by atoms with van der Waals surface area (Å²) >= 11 is 1.59. The third-order valence-corrected chi connectivity index (χ3v) is 6.15. The van der Waals surface area contributed by atoms with Gasteiger partial charge in [0.2, 0.25) is 11.7 Å². The molecule has 0 saturated heterocycles. The van der Waals surface area contributed by atoms with Crippen molar-refractivity contribution < 1.29 is 9.84 Å². The number of imidazole rings is 1. The van der Waals surface area contributed by atoms with Gasteiger partial charge in [-0.05, 0) is 45.2 Å². The average Bonchev–Trinajstić information content (AvgIpc) is 3.44. The monoisotopic (exact) mass is 426 g/mol. The molecule has 4 rings (SSSR count). The van der Waals surface area contributed by atoms with Crippen molar-refractivity contribution in [2.75, 3.05) is 13.2 Å². The molecule has 4 aromatic heterocycles. The molecule has 158 valence electrons. The summed E-state index contributed by atoms with van der Waals surface area (Å²) in [5.74, 6) is 1.78. The Hall–Kier alpha value is -2.78. The number of rotatable bonds is 8. The highest BCUT2D eigenvalue weighted by atomic mass is 32.1. The number of hydrogen-bond acceptors (Lipinski definition) is 7. The molecule has 4 heterocycles. The lowest BCUT2D eigenvalue weighted by Crippen LogP contribution is -2.04. The number of fused-ring (bicyclic) bond motifs is 1. The first-order valence-electron chi connectivity index (χ1n) is 10.1. The first-order chi connectivity index (χ1) is 14.5. The lowest BCUT2D eigenvalue weighted by molar-refractivity contribution is 0.250. The molecule has 4 aromatic rings. The highest BCUT2D eigenvalue weighted by Gasteiger charge is 2.21. The molecule has 0 aliphatic heterocycles. The van der Waals surface area contributed by atoms with Crippen LogP contribution < -0.4 is 4.74 Å². The molecule has 0 spiro atoms. The number of aryl methyl sites for hydroxylation is 2. The van der Waals surface area contributed by atoms with Crippen LogP contribution in [0, 0.1) is 6.92 Å². The van der Waals surface area contributed by atoms with Crippen LogP contribution in [0.4, 0.5) is 0 Å². The minimum Gasteiger partial charge on any atom is -0.477 e. The third kappa shape index (κ3) is 3.82. The molecule has 0 atom stereocenters. The van der Waals surface area contributed by atoms with E-state index in [1.54, 1.807) is 17.5 Å².